The number of hydrogen-bond acceptors (Lipinski definition) is 7. The van der Waals surface area contributed by atoms with E-state index in [1.54, 1.807) is 12.3 Å². The number of anilines is 1. The van der Waals surface area contributed by atoms with E-state index in [-0.39, 0.29) is 5.69 Å². The molecule has 1 N–H and O–H groups in total. The predicted octanol–water partition coefficient (Wildman–Crippen LogP) is 3.54. The monoisotopic (exact) mass is 304 g/mol. The van der Waals surface area contributed by atoms with Gasteiger partial charge in [0.15, 0.2) is 5.58 Å². The Kier molecular flexibility index (Phi) is 3.09. The lowest BCUT2D eigenvalue weighted by Crippen LogP contribution is -2.27. The van der Waals surface area contributed by atoms with Gasteiger partial charge in [0.05, 0.1) is 16.5 Å². The van der Waals surface area contributed by atoms with Crippen LogP contribution in [0, 0.1) is 10.1 Å². The summed E-state index contributed by atoms with van der Waals surface area (Å²) in [5, 5.41) is 16.7. The lowest BCUT2D eigenvalue weighted by Gasteiger charge is -2.22. The lowest BCUT2D eigenvalue weighted by molar-refractivity contribution is -0.384. The van der Waals surface area contributed by atoms with Crippen LogP contribution in [-0.2, 0) is 5.54 Å². The molecule has 0 radical (unpaired) electrons. The molecule has 3 rings (SSSR count). The second kappa shape index (κ2) is 4.81. The van der Waals surface area contributed by atoms with Gasteiger partial charge in [-0.05, 0) is 19.9 Å². The Morgan fingerprint density at radius 1 is 1.43 bits per heavy atom. The quantitative estimate of drug-likeness (QED) is 0.585. The number of fused-ring (bicyclic) bond motifs is 1. The highest BCUT2D eigenvalue weighted by atomic mass is 32.1. The summed E-state index contributed by atoms with van der Waals surface area (Å²) in [5.41, 5.74) is 0.477. The van der Waals surface area contributed by atoms with Crippen molar-refractivity contribution in [2.75, 3.05) is 5.32 Å². The Bertz CT molecular complexity index is 795. The molecule has 108 valence electrons. The van der Waals surface area contributed by atoms with Gasteiger partial charge in [-0.15, -0.1) is 11.3 Å². The van der Waals surface area contributed by atoms with Gasteiger partial charge < -0.3 is 9.73 Å². The van der Waals surface area contributed by atoms with E-state index in [0.29, 0.717) is 17.1 Å². The van der Waals surface area contributed by atoms with E-state index < -0.39 is 10.5 Å². The molecule has 0 amide bonds. The summed E-state index contributed by atoms with van der Waals surface area (Å²) in [7, 11) is 0. The van der Waals surface area contributed by atoms with Crippen molar-refractivity contribution in [3.63, 3.8) is 0 Å². The number of nitro groups is 1. The molecule has 2 aromatic heterocycles. The van der Waals surface area contributed by atoms with Crippen molar-refractivity contribution in [1.29, 1.82) is 0 Å². The van der Waals surface area contributed by atoms with Gasteiger partial charge >= 0.3 is 0 Å². The van der Waals surface area contributed by atoms with Crippen LogP contribution in [-0.4, -0.2) is 14.9 Å². The molecule has 0 fully saturated rings. The van der Waals surface area contributed by atoms with Gasteiger partial charge in [-0.2, -0.15) is 4.98 Å². The maximum absolute atomic E-state index is 10.8. The Hall–Kier alpha value is -2.48. The van der Waals surface area contributed by atoms with Gasteiger partial charge in [0.25, 0.3) is 11.7 Å². The standard InChI is InChI=1S/C13H12N4O3S/c1-13(2,11-14-5-6-21-11)16-12-15-9-4-3-8(17(18)19)7-10(9)20-12/h3-7H,1-2H3,(H,15,16). The first-order chi connectivity index (χ1) is 9.95. The highest BCUT2D eigenvalue weighted by Gasteiger charge is 2.25. The molecule has 1 aromatic carbocycles. The van der Waals surface area contributed by atoms with E-state index in [1.165, 1.54) is 23.5 Å². The van der Waals surface area contributed by atoms with Crippen LogP contribution in [0.15, 0.2) is 34.2 Å². The minimum Gasteiger partial charge on any atom is -0.423 e. The molecule has 2 heterocycles. The number of non-ortho nitro benzene ring substituents is 1. The number of aromatic nitrogens is 2. The maximum atomic E-state index is 10.8. The fourth-order valence-corrected chi connectivity index (χ4v) is 2.65. The maximum Gasteiger partial charge on any atom is 0.296 e. The van der Waals surface area contributed by atoms with Crippen LogP contribution in [0.1, 0.15) is 18.9 Å². The number of hydrogen-bond donors (Lipinski definition) is 1. The molecule has 21 heavy (non-hydrogen) atoms. The van der Waals surface area contributed by atoms with E-state index in [9.17, 15) is 10.1 Å². The first-order valence-corrected chi connectivity index (χ1v) is 7.07. The first-order valence-electron chi connectivity index (χ1n) is 6.19. The molecule has 0 unspecified atom stereocenters. The number of oxazole rings is 1. The second-order valence-corrected chi connectivity index (χ2v) is 5.91. The van der Waals surface area contributed by atoms with Crippen LogP contribution in [0.25, 0.3) is 11.1 Å². The molecule has 3 aromatic rings. The first kappa shape index (κ1) is 13.5. The third-order valence-electron chi connectivity index (χ3n) is 2.97. The third-order valence-corrected chi connectivity index (χ3v) is 4.07. The summed E-state index contributed by atoms with van der Waals surface area (Å²) in [5.74, 6) is 0. The number of nitro benzene ring substituents is 1. The topological polar surface area (TPSA) is 94.1 Å². The van der Waals surface area contributed by atoms with Gasteiger partial charge in [0, 0.05) is 17.6 Å². The van der Waals surface area contributed by atoms with Crippen molar-refractivity contribution in [3.8, 4) is 0 Å². The Labute approximate surface area is 123 Å². The van der Waals surface area contributed by atoms with Gasteiger partial charge in [-0.25, -0.2) is 4.98 Å². The van der Waals surface area contributed by atoms with Crippen LogP contribution in [0.5, 0.6) is 0 Å². The molecule has 0 bridgehead atoms. The van der Waals surface area contributed by atoms with E-state index in [2.05, 4.69) is 15.3 Å². The zero-order chi connectivity index (χ0) is 15.0. The van der Waals surface area contributed by atoms with E-state index in [0.717, 1.165) is 5.01 Å². The normalized spacial score (nSPS) is 11.7. The zero-order valence-corrected chi connectivity index (χ0v) is 12.2. The summed E-state index contributed by atoms with van der Waals surface area (Å²) < 4.78 is 5.54. The summed E-state index contributed by atoms with van der Waals surface area (Å²) >= 11 is 1.53. The van der Waals surface area contributed by atoms with Crippen molar-refractivity contribution >= 4 is 34.1 Å². The van der Waals surface area contributed by atoms with Crippen LogP contribution in [0.2, 0.25) is 0 Å². The van der Waals surface area contributed by atoms with Crippen LogP contribution in [0.3, 0.4) is 0 Å². The number of nitrogens with one attached hydrogen (secondary N) is 1. The Morgan fingerprint density at radius 2 is 2.24 bits per heavy atom. The zero-order valence-electron chi connectivity index (χ0n) is 11.4. The van der Waals surface area contributed by atoms with Crippen LogP contribution < -0.4 is 5.32 Å². The van der Waals surface area contributed by atoms with Crippen molar-refractivity contribution in [3.05, 3.63) is 44.9 Å². The largest absolute Gasteiger partial charge is 0.423 e. The SMILES string of the molecule is CC(C)(Nc1nc2ccc([N+](=O)[O-])cc2o1)c1nccs1. The minimum atomic E-state index is -0.464. The number of nitrogens with zero attached hydrogens (tertiary/aromatic N) is 3. The van der Waals surface area contributed by atoms with Crippen molar-refractivity contribution in [2.45, 2.75) is 19.4 Å². The van der Waals surface area contributed by atoms with E-state index in [4.69, 9.17) is 4.42 Å². The average Bonchev–Trinajstić information content (AvgIpc) is 3.06. The molecule has 0 aliphatic carbocycles. The smallest absolute Gasteiger partial charge is 0.296 e. The fourth-order valence-electron chi connectivity index (χ4n) is 1.93. The van der Waals surface area contributed by atoms with Crippen molar-refractivity contribution < 1.29 is 9.34 Å². The molecule has 0 saturated carbocycles. The summed E-state index contributed by atoms with van der Waals surface area (Å²) in [6, 6.07) is 4.65. The summed E-state index contributed by atoms with van der Waals surface area (Å²) in [4.78, 5) is 18.9. The number of benzene rings is 1. The summed E-state index contributed by atoms with van der Waals surface area (Å²) in [6.07, 6.45) is 1.73. The lowest BCUT2D eigenvalue weighted by atomic mass is 10.1. The van der Waals surface area contributed by atoms with Gasteiger partial charge in [0.1, 0.15) is 10.5 Å². The minimum absolute atomic E-state index is 0.0237. The van der Waals surface area contributed by atoms with E-state index in [1.807, 2.05) is 19.2 Å². The fraction of sp³-hybridized carbons (Fsp3) is 0.231. The molecule has 0 atom stereocenters. The van der Waals surface area contributed by atoms with Crippen LogP contribution in [0.4, 0.5) is 11.7 Å². The third kappa shape index (κ3) is 2.57. The molecular formula is C13H12N4O3S. The van der Waals surface area contributed by atoms with Gasteiger partial charge in [-0.3, -0.25) is 10.1 Å². The average molecular weight is 304 g/mol. The van der Waals surface area contributed by atoms with Crippen molar-refractivity contribution in [1.82, 2.24) is 9.97 Å². The molecular weight excluding hydrogens is 292 g/mol. The van der Waals surface area contributed by atoms with Crippen LogP contribution >= 0.6 is 11.3 Å². The molecule has 0 aliphatic heterocycles. The molecule has 8 heteroatoms. The molecule has 0 aliphatic rings. The second-order valence-electron chi connectivity index (χ2n) is 5.02. The number of rotatable bonds is 4. The Morgan fingerprint density at radius 3 is 2.90 bits per heavy atom. The Balaban J connectivity index is 1.93. The van der Waals surface area contributed by atoms with Crippen molar-refractivity contribution in [2.24, 2.45) is 0 Å². The van der Waals surface area contributed by atoms with Gasteiger partial charge in [0.2, 0.25) is 0 Å². The highest BCUT2D eigenvalue weighted by molar-refractivity contribution is 7.09. The molecule has 0 saturated heterocycles. The van der Waals surface area contributed by atoms with E-state index >= 15 is 0 Å². The molecule has 0 spiro atoms. The highest BCUT2D eigenvalue weighted by Crippen LogP contribution is 2.29. The predicted molar refractivity (Wildman–Crippen MR) is 79.4 cm³/mol. The molecule has 7 nitrogen and oxygen atoms in total. The summed E-state index contributed by atoms with van der Waals surface area (Å²) in [6.45, 7) is 3.92. The number of thiazole rings is 1. The van der Waals surface area contributed by atoms with Gasteiger partial charge in [-0.1, -0.05) is 0 Å².